The fourth-order valence-electron chi connectivity index (χ4n) is 1.97. The number of rotatable bonds is 5. The number of carboxylic acid groups (broad SMARTS) is 1. The summed E-state index contributed by atoms with van der Waals surface area (Å²) < 4.78 is 12.8. The van der Waals surface area contributed by atoms with Crippen LogP contribution in [-0.4, -0.2) is 21.2 Å². The standard InChI is InChI=1S/C16H15NO4S/c1-11(18)17-10-12-6-2-4-8-14(12)22(21)15-9-5-3-7-13(15)16(19)20/h2-9H,10H2,1H3,(H,17,18)(H,19,20)/t22-/m0/s1. The minimum absolute atomic E-state index is 0.00941. The van der Waals surface area contributed by atoms with Gasteiger partial charge in [0, 0.05) is 18.4 Å². The smallest absolute Gasteiger partial charge is 0.336 e. The molecule has 2 aromatic rings. The van der Waals surface area contributed by atoms with Gasteiger partial charge in [0.05, 0.1) is 21.3 Å². The molecule has 2 rings (SSSR count). The number of carboxylic acids is 1. The van der Waals surface area contributed by atoms with Crippen molar-refractivity contribution in [3.05, 3.63) is 59.7 Å². The normalized spacial score (nSPS) is 11.7. The molecule has 0 bridgehead atoms. The van der Waals surface area contributed by atoms with Crippen molar-refractivity contribution in [1.29, 1.82) is 0 Å². The van der Waals surface area contributed by atoms with Gasteiger partial charge in [-0.2, -0.15) is 0 Å². The molecule has 114 valence electrons. The van der Waals surface area contributed by atoms with Crippen LogP contribution in [0.5, 0.6) is 0 Å². The minimum Gasteiger partial charge on any atom is -0.478 e. The van der Waals surface area contributed by atoms with Crippen molar-refractivity contribution >= 4 is 22.7 Å². The van der Waals surface area contributed by atoms with E-state index in [4.69, 9.17) is 0 Å². The van der Waals surface area contributed by atoms with Crippen molar-refractivity contribution in [2.75, 3.05) is 0 Å². The molecule has 5 nitrogen and oxygen atoms in total. The Kier molecular flexibility index (Phi) is 5.06. The summed E-state index contributed by atoms with van der Waals surface area (Å²) in [4.78, 5) is 23.0. The Hall–Kier alpha value is -2.47. The number of hydrogen-bond donors (Lipinski definition) is 2. The van der Waals surface area contributed by atoms with E-state index < -0.39 is 16.8 Å². The molecule has 0 heterocycles. The number of aromatic carboxylic acids is 1. The summed E-state index contributed by atoms with van der Waals surface area (Å²) >= 11 is 0. The quantitative estimate of drug-likeness (QED) is 0.885. The second kappa shape index (κ2) is 7.00. The maximum atomic E-state index is 12.8. The Morgan fingerprint density at radius 3 is 2.27 bits per heavy atom. The number of carbonyl (C=O) groups is 2. The first kappa shape index (κ1) is 15.9. The van der Waals surface area contributed by atoms with Crippen molar-refractivity contribution in [1.82, 2.24) is 5.32 Å². The van der Waals surface area contributed by atoms with Crippen LogP contribution in [-0.2, 0) is 22.1 Å². The lowest BCUT2D eigenvalue weighted by molar-refractivity contribution is -0.119. The van der Waals surface area contributed by atoms with Gasteiger partial charge in [-0.1, -0.05) is 30.3 Å². The van der Waals surface area contributed by atoms with Gasteiger partial charge in [-0.05, 0) is 23.8 Å². The zero-order chi connectivity index (χ0) is 16.1. The van der Waals surface area contributed by atoms with Crippen molar-refractivity contribution < 1.29 is 18.9 Å². The maximum Gasteiger partial charge on any atom is 0.336 e. The van der Waals surface area contributed by atoms with E-state index in [0.29, 0.717) is 10.5 Å². The molecule has 0 spiro atoms. The zero-order valence-electron chi connectivity index (χ0n) is 11.9. The van der Waals surface area contributed by atoms with Crippen molar-refractivity contribution in [2.24, 2.45) is 0 Å². The topological polar surface area (TPSA) is 83.5 Å². The predicted molar refractivity (Wildman–Crippen MR) is 82.0 cm³/mol. The summed E-state index contributed by atoms with van der Waals surface area (Å²) in [6, 6.07) is 13.1. The van der Waals surface area contributed by atoms with Gasteiger partial charge in [-0.3, -0.25) is 4.79 Å². The summed E-state index contributed by atoms with van der Waals surface area (Å²) in [5.74, 6) is -1.31. The minimum atomic E-state index is -1.64. The van der Waals surface area contributed by atoms with Crippen LogP contribution in [0.3, 0.4) is 0 Å². The zero-order valence-corrected chi connectivity index (χ0v) is 12.7. The van der Waals surface area contributed by atoms with E-state index in [9.17, 15) is 18.9 Å². The fraction of sp³-hybridized carbons (Fsp3) is 0.125. The van der Waals surface area contributed by atoms with Gasteiger partial charge >= 0.3 is 5.97 Å². The van der Waals surface area contributed by atoms with E-state index in [0.717, 1.165) is 0 Å². The van der Waals surface area contributed by atoms with Crippen LogP contribution in [0.15, 0.2) is 58.3 Å². The summed E-state index contributed by atoms with van der Waals surface area (Å²) in [5.41, 5.74) is 0.700. The summed E-state index contributed by atoms with van der Waals surface area (Å²) in [6.07, 6.45) is 0. The molecule has 0 aliphatic rings. The molecule has 0 aliphatic carbocycles. The summed E-state index contributed by atoms with van der Waals surface area (Å²) in [5, 5.41) is 11.9. The van der Waals surface area contributed by atoms with E-state index in [2.05, 4.69) is 5.32 Å². The molecule has 0 radical (unpaired) electrons. The van der Waals surface area contributed by atoms with Gasteiger partial charge in [0.15, 0.2) is 0 Å². The lowest BCUT2D eigenvalue weighted by atomic mass is 10.2. The molecular weight excluding hydrogens is 302 g/mol. The first-order chi connectivity index (χ1) is 10.5. The SMILES string of the molecule is CC(=O)NCc1ccccc1[S@](=O)c1ccccc1C(=O)O. The average molecular weight is 317 g/mol. The van der Waals surface area contributed by atoms with Crippen molar-refractivity contribution in [3.63, 3.8) is 0 Å². The third kappa shape index (κ3) is 3.59. The number of amides is 1. The summed E-state index contributed by atoms with van der Waals surface area (Å²) in [7, 11) is -1.64. The van der Waals surface area contributed by atoms with E-state index in [1.807, 2.05) is 0 Å². The van der Waals surface area contributed by atoms with Gasteiger partial charge < -0.3 is 10.4 Å². The second-order valence-corrected chi connectivity index (χ2v) is 6.00. The van der Waals surface area contributed by atoms with Crippen LogP contribution >= 0.6 is 0 Å². The number of nitrogens with one attached hydrogen (secondary N) is 1. The second-order valence-electron chi connectivity index (χ2n) is 4.59. The third-order valence-corrected chi connectivity index (χ3v) is 4.57. The van der Waals surface area contributed by atoms with Crippen LogP contribution in [0, 0.1) is 0 Å². The molecule has 0 unspecified atom stereocenters. The first-order valence-electron chi connectivity index (χ1n) is 6.57. The molecule has 2 aromatic carbocycles. The third-order valence-electron chi connectivity index (χ3n) is 3.02. The molecule has 0 aromatic heterocycles. The van der Waals surface area contributed by atoms with E-state index in [1.165, 1.54) is 19.1 Å². The highest BCUT2D eigenvalue weighted by molar-refractivity contribution is 7.85. The number of benzene rings is 2. The van der Waals surface area contributed by atoms with Gasteiger partial charge in [-0.25, -0.2) is 9.00 Å². The van der Waals surface area contributed by atoms with Gasteiger partial charge in [0.2, 0.25) is 5.91 Å². The maximum absolute atomic E-state index is 12.8. The molecule has 0 fully saturated rings. The molecule has 22 heavy (non-hydrogen) atoms. The van der Waals surface area contributed by atoms with Gasteiger partial charge in [0.1, 0.15) is 0 Å². The largest absolute Gasteiger partial charge is 0.478 e. The Bertz CT molecular complexity index is 742. The molecule has 2 N–H and O–H groups in total. The van der Waals surface area contributed by atoms with Crippen LogP contribution in [0.25, 0.3) is 0 Å². The highest BCUT2D eigenvalue weighted by Gasteiger charge is 2.18. The van der Waals surface area contributed by atoms with Crippen molar-refractivity contribution in [2.45, 2.75) is 23.3 Å². The monoisotopic (exact) mass is 317 g/mol. The molecule has 0 saturated carbocycles. The van der Waals surface area contributed by atoms with Crippen LogP contribution in [0.4, 0.5) is 0 Å². The Morgan fingerprint density at radius 1 is 1.05 bits per heavy atom. The molecular formula is C16H15NO4S. The van der Waals surface area contributed by atoms with Gasteiger partial charge in [-0.15, -0.1) is 0 Å². The Balaban J connectivity index is 2.42. The fourth-order valence-corrected chi connectivity index (χ4v) is 3.35. The van der Waals surface area contributed by atoms with Gasteiger partial charge in [0.25, 0.3) is 0 Å². The first-order valence-corrected chi connectivity index (χ1v) is 7.72. The van der Waals surface area contributed by atoms with Crippen LogP contribution < -0.4 is 5.32 Å². The lowest BCUT2D eigenvalue weighted by Crippen LogP contribution is -2.20. The predicted octanol–water partition coefficient (Wildman–Crippen LogP) is 2.19. The highest BCUT2D eigenvalue weighted by Crippen LogP contribution is 2.23. The van der Waals surface area contributed by atoms with Crippen LogP contribution in [0.1, 0.15) is 22.8 Å². The highest BCUT2D eigenvalue weighted by atomic mass is 32.2. The molecule has 0 aliphatic heterocycles. The Morgan fingerprint density at radius 2 is 1.64 bits per heavy atom. The molecule has 1 atom stereocenters. The number of carbonyl (C=O) groups excluding carboxylic acids is 1. The lowest BCUT2D eigenvalue weighted by Gasteiger charge is -2.11. The summed E-state index contributed by atoms with van der Waals surface area (Å²) in [6.45, 7) is 1.64. The van der Waals surface area contributed by atoms with E-state index in [-0.39, 0.29) is 22.9 Å². The molecule has 0 saturated heterocycles. The van der Waals surface area contributed by atoms with E-state index >= 15 is 0 Å². The molecule has 6 heteroatoms. The molecule has 1 amide bonds. The Labute approximate surface area is 130 Å². The van der Waals surface area contributed by atoms with E-state index in [1.54, 1.807) is 36.4 Å². The average Bonchev–Trinajstić information content (AvgIpc) is 2.52. The number of hydrogen-bond acceptors (Lipinski definition) is 3. The van der Waals surface area contributed by atoms with Crippen molar-refractivity contribution in [3.8, 4) is 0 Å². The van der Waals surface area contributed by atoms with Crippen LogP contribution in [0.2, 0.25) is 0 Å².